The zero-order valence-electron chi connectivity index (χ0n) is 8.45. The van der Waals surface area contributed by atoms with Gasteiger partial charge in [-0.3, -0.25) is 5.73 Å². The Labute approximate surface area is 84.3 Å². The Hall–Kier alpha value is -0.870. The third kappa shape index (κ3) is 2.82. The summed E-state index contributed by atoms with van der Waals surface area (Å²) >= 11 is 0. The van der Waals surface area contributed by atoms with Crippen LogP contribution in [0.3, 0.4) is 0 Å². The summed E-state index contributed by atoms with van der Waals surface area (Å²) in [5, 5.41) is 0. The first-order valence-corrected chi connectivity index (χ1v) is 4.69. The maximum atomic E-state index is 11.3. The highest BCUT2D eigenvalue weighted by molar-refractivity contribution is 5.87. The number of rotatable bonds is 2. The first-order chi connectivity index (χ1) is 6.43. The van der Waals surface area contributed by atoms with Crippen molar-refractivity contribution in [2.75, 3.05) is 0 Å². The summed E-state index contributed by atoms with van der Waals surface area (Å²) in [5.74, 6) is -0.443. The van der Waals surface area contributed by atoms with Gasteiger partial charge in [0.05, 0.1) is 0 Å². The average Bonchev–Trinajstić information content (AvgIpc) is 2.02. The maximum absolute atomic E-state index is 11.3. The minimum absolute atomic E-state index is 0.0910. The Kier molecular flexibility index (Phi) is 3.29. The van der Waals surface area contributed by atoms with Crippen LogP contribution < -0.4 is 11.5 Å². The lowest BCUT2D eigenvalue weighted by Gasteiger charge is -2.35. The highest BCUT2D eigenvalue weighted by atomic mass is 16.6. The molecule has 1 radical (unpaired) electrons. The molecule has 0 aliphatic heterocycles. The monoisotopic (exact) mass is 197 g/mol. The van der Waals surface area contributed by atoms with Gasteiger partial charge in [0.15, 0.2) is 5.72 Å². The Morgan fingerprint density at radius 1 is 1.71 bits per heavy atom. The highest BCUT2D eigenvalue weighted by Crippen LogP contribution is 2.26. The molecule has 0 spiro atoms. The Morgan fingerprint density at radius 3 is 2.86 bits per heavy atom. The normalized spacial score (nSPS) is 32.4. The molecule has 1 rings (SSSR count). The number of nitrogens with two attached hydrogens (primary N) is 2. The first-order valence-electron chi connectivity index (χ1n) is 4.69. The first kappa shape index (κ1) is 11.2. The summed E-state index contributed by atoms with van der Waals surface area (Å²) in [4.78, 5) is 11.3. The molecule has 0 aromatic rings. The van der Waals surface area contributed by atoms with Crippen LogP contribution in [0.4, 0.5) is 0 Å². The van der Waals surface area contributed by atoms with Crippen molar-refractivity contribution >= 4 is 5.97 Å². The quantitative estimate of drug-likeness (QED) is 0.383. The number of carbonyl (C=O) groups is 1. The van der Waals surface area contributed by atoms with Crippen molar-refractivity contribution in [2.45, 2.75) is 38.0 Å². The van der Waals surface area contributed by atoms with E-state index in [1.165, 1.54) is 0 Å². The van der Waals surface area contributed by atoms with Crippen molar-refractivity contribution in [2.24, 2.45) is 11.5 Å². The van der Waals surface area contributed by atoms with E-state index < -0.39 is 11.7 Å². The van der Waals surface area contributed by atoms with Crippen LogP contribution in [0.15, 0.2) is 12.2 Å². The predicted molar refractivity (Wildman–Crippen MR) is 54.0 cm³/mol. The molecule has 4 nitrogen and oxygen atoms in total. The fraction of sp³-hybridized carbons (Fsp3) is 0.600. The molecule has 0 bridgehead atoms. The van der Waals surface area contributed by atoms with Crippen LogP contribution in [0, 0.1) is 6.42 Å². The molecule has 1 aliphatic rings. The molecule has 0 saturated heterocycles. The number of hydrogen-bond donors (Lipinski definition) is 2. The Balaban J connectivity index is 2.56. The highest BCUT2D eigenvalue weighted by Gasteiger charge is 2.35. The lowest BCUT2D eigenvalue weighted by Crippen LogP contribution is -2.51. The van der Waals surface area contributed by atoms with Crippen LogP contribution in [-0.2, 0) is 9.53 Å². The second-order valence-electron chi connectivity index (χ2n) is 3.88. The van der Waals surface area contributed by atoms with Gasteiger partial charge in [0.25, 0.3) is 0 Å². The van der Waals surface area contributed by atoms with Gasteiger partial charge in [-0.25, -0.2) is 4.79 Å². The van der Waals surface area contributed by atoms with E-state index in [-0.39, 0.29) is 6.04 Å². The Bertz CT molecular complexity index is 253. The van der Waals surface area contributed by atoms with Gasteiger partial charge in [0.1, 0.15) is 0 Å². The second kappa shape index (κ2) is 4.11. The molecular weight excluding hydrogens is 180 g/mol. The number of carbonyl (C=O) groups excluding carboxylic acids is 1. The second-order valence-corrected chi connectivity index (χ2v) is 3.88. The van der Waals surface area contributed by atoms with Crippen LogP contribution in [0.5, 0.6) is 0 Å². The lowest BCUT2D eigenvalue weighted by molar-refractivity contribution is -0.157. The van der Waals surface area contributed by atoms with Gasteiger partial charge in [-0.1, -0.05) is 6.58 Å². The summed E-state index contributed by atoms with van der Waals surface area (Å²) in [6, 6.07) is -0.0910. The molecule has 2 unspecified atom stereocenters. The summed E-state index contributed by atoms with van der Waals surface area (Å²) in [7, 11) is 0. The number of ether oxygens (including phenoxy) is 1. The van der Waals surface area contributed by atoms with E-state index >= 15 is 0 Å². The molecule has 0 aromatic carbocycles. The van der Waals surface area contributed by atoms with Crippen LogP contribution in [-0.4, -0.2) is 17.7 Å². The molecule has 0 heterocycles. The predicted octanol–water partition coefficient (Wildman–Crippen LogP) is 0.476. The molecule has 1 aliphatic carbocycles. The van der Waals surface area contributed by atoms with Gasteiger partial charge in [0, 0.05) is 24.5 Å². The SMILES string of the molecule is C=C(C)C(=O)OC1(N)CC[CH]C(N)C1. The molecule has 1 saturated carbocycles. The van der Waals surface area contributed by atoms with Crippen LogP contribution in [0.25, 0.3) is 0 Å². The molecule has 79 valence electrons. The van der Waals surface area contributed by atoms with Gasteiger partial charge in [-0.05, 0) is 19.8 Å². The molecule has 0 amide bonds. The smallest absolute Gasteiger partial charge is 0.334 e. The molecular formula is C10H17N2O2. The van der Waals surface area contributed by atoms with Gasteiger partial charge in [-0.15, -0.1) is 0 Å². The van der Waals surface area contributed by atoms with Gasteiger partial charge in [0.2, 0.25) is 0 Å². The number of hydrogen-bond acceptors (Lipinski definition) is 4. The lowest BCUT2D eigenvalue weighted by atomic mass is 9.89. The van der Waals surface area contributed by atoms with Crippen molar-refractivity contribution < 1.29 is 9.53 Å². The minimum Gasteiger partial charge on any atom is -0.441 e. The van der Waals surface area contributed by atoms with Gasteiger partial charge < -0.3 is 10.5 Å². The van der Waals surface area contributed by atoms with E-state index in [9.17, 15) is 4.79 Å². The van der Waals surface area contributed by atoms with E-state index in [2.05, 4.69) is 6.58 Å². The third-order valence-corrected chi connectivity index (χ3v) is 2.26. The van der Waals surface area contributed by atoms with Gasteiger partial charge in [-0.2, -0.15) is 0 Å². The largest absolute Gasteiger partial charge is 0.441 e. The fourth-order valence-electron chi connectivity index (χ4n) is 1.49. The molecule has 0 aromatic heterocycles. The van der Waals surface area contributed by atoms with Crippen LogP contribution in [0.2, 0.25) is 0 Å². The van der Waals surface area contributed by atoms with E-state index in [0.29, 0.717) is 18.4 Å². The standard InChI is InChI=1S/C10H17N2O2/c1-7(2)9(13)14-10(12)5-3-4-8(11)6-10/h4,8H,1,3,5-6,11-12H2,2H3. The number of esters is 1. The van der Waals surface area contributed by atoms with Gasteiger partial charge >= 0.3 is 5.97 Å². The molecule has 4 N–H and O–H groups in total. The minimum atomic E-state index is -0.912. The van der Waals surface area contributed by atoms with E-state index in [1.54, 1.807) is 6.92 Å². The third-order valence-electron chi connectivity index (χ3n) is 2.26. The fourth-order valence-corrected chi connectivity index (χ4v) is 1.49. The summed E-state index contributed by atoms with van der Waals surface area (Å²) in [6.45, 7) is 5.10. The zero-order chi connectivity index (χ0) is 10.8. The Morgan fingerprint density at radius 2 is 2.36 bits per heavy atom. The topological polar surface area (TPSA) is 78.3 Å². The molecule has 1 fully saturated rings. The van der Waals surface area contributed by atoms with Crippen LogP contribution >= 0.6 is 0 Å². The zero-order valence-corrected chi connectivity index (χ0v) is 8.45. The van der Waals surface area contributed by atoms with Crippen LogP contribution in [0.1, 0.15) is 26.2 Å². The average molecular weight is 197 g/mol. The summed E-state index contributed by atoms with van der Waals surface area (Å²) in [6.07, 6.45) is 3.87. The van der Waals surface area contributed by atoms with Crippen molar-refractivity contribution in [1.82, 2.24) is 0 Å². The summed E-state index contributed by atoms with van der Waals surface area (Å²) < 4.78 is 5.15. The van der Waals surface area contributed by atoms with Crippen molar-refractivity contribution in [3.05, 3.63) is 18.6 Å². The van der Waals surface area contributed by atoms with E-state index in [0.717, 1.165) is 6.42 Å². The van der Waals surface area contributed by atoms with Crippen molar-refractivity contribution in [3.63, 3.8) is 0 Å². The molecule has 4 heteroatoms. The van der Waals surface area contributed by atoms with Crippen molar-refractivity contribution in [3.8, 4) is 0 Å². The summed E-state index contributed by atoms with van der Waals surface area (Å²) in [5.41, 5.74) is 11.1. The van der Waals surface area contributed by atoms with E-state index in [1.807, 2.05) is 6.42 Å². The van der Waals surface area contributed by atoms with Crippen molar-refractivity contribution in [1.29, 1.82) is 0 Å². The maximum Gasteiger partial charge on any atom is 0.334 e. The molecule has 2 atom stereocenters. The molecule has 14 heavy (non-hydrogen) atoms. The van der Waals surface area contributed by atoms with E-state index in [4.69, 9.17) is 16.2 Å².